The van der Waals surface area contributed by atoms with Crippen LogP contribution in [-0.4, -0.2) is 28.2 Å². The summed E-state index contributed by atoms with van der Waals surface area (Å²) in [7, 11) is 0. The van der Waals surface area contributed by atoms with Crippen LogP contribution in [0.5, 0.6) is 0 Å². The lowest BCUT2D eigenvalue weighted by molar-refractivity contribution is -0.141. The molecule has 1 heterocycles. The van der Waals surface area contributed by atoms with Crippen molar-refractivity contribution in [3.05, 3.63) is 41.3 Å². The van der Waals surface area contributed by atoms with Gasteiger partial charge in [0.15, 0.2) is 5.69 Å². The molecule has 0 radical (unpaired) electrons. The summed E-state index contributed by atoms with van der Waals surface area (Å²) in [6.45, 7) is 1.35. The van der Waals surface area contributed by atoms with E-state index in [1.54, 1.807) is 6.92 Å². The van der Waals surface area contributed by atoms with Gasteiger partial charge in [0.1, 0.15) is 11.6 Å². The molecule has 0 aliphatic rings. The van der Waals surface area contributed by atoms with Gasteiger partial charge in [-0.05, 0) is 30.7 Å². The van der Waals surface area contributed by atoms with Crippen LogP contribution < -0.4 is 10.6 Å². The number of rotatable bonds is 5. The summed E-state index contributed by atoms with van der Waals surface area (Å²) in [5.74, 6) is -0.810. The zero-order valence-electron chi connectivity index (χ0n) is 12.1. The molecule has 0 saturated heterocycles. The van der Waals surface area contributed by atoms with Gasteiger partial charge in [-0.1, -0.05) is 0 Å². The van der Waals surface area contributed by atoms with E-state index in [-0.39, 0.29) is 24.9 Å². The molecular weight excluding hydrogens is 316 g/mol. The van der Waals surface area contributed by atoms with Gasteiger partial charge in [0, 0.05) is 18.3 Å². The van der Waals surface area contributed by atoms with Crippen LogP contribution in [0.4, 0.5) is 35.0 Å². The van der Waals surface area contributed by atoms with Gasteiger partial charge in [0.05, 0.1) is 6.61 Å². The average molecular weight is 330 g/mol. The lowest BCUT2D eigenvalue weighted by Gasteiger charge is -2.13. The summed E-state index contributed by atoms with van der Waals surface area (Å²) in [6, 6.07) is 4.60. The number of aliphatic hydroxyl groups is 1. The van der Waals surface area contributed by atoms with Crippen LogP contribution in [0.1, 0.15) is 11.3 Å². The molecule has 0 fully saturated rings. The van der Waals surface area contributed by atoms with E-state index in [1.807, 2.05) is 0 Å². The molecule has 0 unspecified atom stereocenters. The minimum Gasteiger partial charge on any atom is -0.395 e. The Labute approximate surface area is 129 Å². The van der Waals surface area contributed by atoms with E-state index in [4.69, 9.17) is 5.11 Å². The molecule has 23 heavy (non-hydrogen) atoms. The Hall–Kier alpha value is -2.42. The fourth-order valence-corrected chi connectivity index (χ4v) is 1.81. The van der Waals surface area contributed by atoms with E-state index < -0.39 is 17.7 Å². The molecule has 5 nitrogen and oxygen atoms in total. The number of benzene rings is 1. The molecule has 0 aliphatic heterocycles. The summed E-state index contributed by atoms with van der Waals surface area (Å²) >= 11 is 0. The predicted octanol–water partition coefficient (Wildman–Crippen LogP) is 3.09. The molecular formula is C14H14F4N4O. The highest BCUT2D eigenvalue weighted by Crippen LogP contribution is 2.30. The maximum atomic E-state index is 13.1. The minimum atomic E-state index is -4.65. The number of nitrogens with one attached hydrogen (secondary N) is 2. The Balaban J connectivity index is 2.36. The Morgan fingerprint density at radius 2 is 1.91 bits per heavy atom. The van der Waals surface area contributed by atoms with Crippen molar-refractivity contribution in [3.8, 4) is 0 Å². The van der Waals surface area contributed by atoms with Gasteiger partial charge >= 0.3 is 6.18 Å². The van der Waals surface area contributed by atoms with Crippen LogP contribution in [0.25, 0.3) is 0 Å². The van der Waals surface area contributed by atoms with Crippen molar-refractivity contribution in [2.75, 3.05) is 23.8 Å². The van der Waals surface area contributed by atoms with Crippen LogP contribution in [-0.2, 0) is 6.18 Å². The fraction of sp³-hybridized carbons (Fsp3) is 0.286. The maximum Gasteiger partial charge on any atom is 0.433 e. The van der Waals surface area contributed by atoms with Crippen molar-refractivity contribution < 1.29 is 22.7 Å². The Morgan fingerprint density at radius 1 is 1.17 bits per heavy atom. The molecule has 0 aliphatic carbocycles. The second-order valence-corrected chi connectivity index (χ2v) is 4.69. The van der Waals surface area contributed by atoms with Crippen LogP contribution >= 0.6 is 0 Å². The first kappa shape index (κ1) is 16.9. The monoisotopic (exact) mass is 330 g/mol. The third kappa shape index (κ3) is 4.52. The Bertz CT molecular complexity index is 691. The van der Waals surface area contributed by atoms with E-state index >= 15 is 0 Å². The van der Waals surface area contributed by atoms with Gasteiger partial charge in [-0.25, -0.2) is 9.37 Å². The first-order valence-corrected chi connectivity index (χ1v) is 6.64. The summed E-state index contributed by atoms with van der Waals surface area (Å²) < 4.78 is 51.8. The van der Waals surface area contributed by atoms with E-state index in [0.29, 0.717) is 11.3 Å². The molecule has 0 bridgehead atoms. The quantitative estimate of drug-likeness (QED) is 0.735. The number of halogens is 4. The van der Waals surface area contributed by atoms with Gasteiger partial charge in [0.25, 0.3) is 0 Å². The molecule has 124 valence electrons. The largest absolute Gasteiger partial charge is 0.433 e. The van der Waals surface area contributed by atoms with Gasteiger partial charge in [-0.3, -0.25) is 0 Å². The number of anilines is 3. The summed E-state index contributed by atoms with van der Waals surface area (Å²) in [6.07, 6.45) is -4.65. The van der Waals surface area contributed by atoms with Crippen LogP contribution in [0.15, 0.2) is 24.3 Å². The number of hydrogen-bond acceptors (Lipinski definition) is 5. The molecule has 1 aromatic carbocycles. The number of aliphatic hydroxyl groups excluding tert-OH is 1. The van der Waals surface area contributed by atoms with Crippen molar-refractivity contribution >= 4 is 17.5 Å². The second kappa shape index (κ2) is 6.78. The maximum absolute atomic E-state index is 13.1. The predicted molar refractivity (Wildman–Crippen MR) is 77.0 cm³/mol. The Kier molecular flexibility index (Phi) is 4.99. The third-order valence-corrected chi connectivity index (χ3v) is 2.86. The molecule has 1 aromatic heterocycles. The van der Waals surface area contributed by atoms with E-state index in [2.05, 4.69) is 20.6 Å². The van der Waals surface area contributed by atoms with Gasteiger partial charge in [0.2, 0.25) is 5.95 Å². The van der Waals surface area contributed by atoms with E-state index in [9.17, 15) is 17.6 Å². The van der Waals surface area contributed by atoms with Crippen molar-refractivity contribution in [1.82, 2.24) is 9.97 Å². The molecule has 0 atom stereocenters. The zero-order chi connectivity index (χ0) is 17.0. The van der Waals surface area contributed by atoms with Crippen LogP contribution in [0.2, 0.25) is 0 Å². The normalized spacial score (nSPS) is 11.4. The van der Waals surface area contributed by atoms with Gasteiger partial charge in [-0.15, -0.1) is 0 Å². The number of nitrogens with zero attached hydrogens (tertiary/aromatic N) is 2. The number of hydrogen-bond donors (Lipinski definition) is 3. The second-order valence-electron chi connectivity index (χ2n) is 4.69. The van der Waals surface area contributed by atoms with Crippen LogP contribution in [0.3, 0.4) is 0 Å². The molecule has 0 amide bonds. The molecule has 0 saturated carbocycles. The highest BCUT2D eigenvalue weighted by Gasteiger charge is 2.33. The van der Waals surface area contributed by atoms with E-state index in [0.717, 1.165) is 6.07 Å². The van der Waals surface area contributed by atoms with Gasteiger partial charge in [-0.2, -0.15) is 18.2 Å². The number of aryl methyl sites for hydroxylation is 1. The smallest absolute Gasteiger partial charge is 0.395 e. The number of aromatic nitrogens is 2. The first-order valence-electron chi connectivity index (χ1n) is 6.64. The summed E-state index contributed by atoms with van der Waals surface area (Å²) in [5, 5.41) is 13.9. The molecule has 2 rings (SSSR count). The number of alkyl halides is 3. The van der Waals surface area contributed by atoms with Gasteiger partial charge < -0.3 is 15.7 Å². The minimum absolute atomic E-state index is 0.0102. The Morgan fingerprint density at radius 3 is 2.52 bits per heavy atom. The molecule has 3 N–H and O–H groups in total. The molecule has 0 spiro atoms. The lowest BCUT2D eigenvalue weighted by Crippen LogP contribution is -2.15. The van der Waals surface area contributed by atoms with Crippen molar-refractivity contribution in [2.24, 2.45) is 0 Å². The third-order valence-electron chi connectivity index (χ3n) is 2.86. The van der Waals surface area contributed by atoms with Crippen molar-refractivity contribution in [1.29, 1.82) is 0 Å². The van der Waals surface area contributed by atoms with E-state index in [1.165, 1.54) is 18.2 Å². The fourth-order valence-electron chi connectivity index (χ4n) is 1.81. The topological polar surface area (TPSA) is 70.1 Å². The summed E-state index contributed by atoms with van der Waals surface area (Å²) in [5.41, 5.74) is -0.191. The van der Waals surface area contributed by atoms with Crippen LogP contribution in [0, 0.1) is 12.7 Å². The zero-order valence-corrected chi connectivity index (χ0v) is 12.1. The molecule has 2 aromatic rings. The average Bonchev–Trinajstić information content (AvgIpc) is 2.47. The first-order chi connectivity index (χ1) is 10.8. The van der Waals surface area contributed by atoms with Crippen molar-refractivity contribution in [2.45, 2.75) is 13.1 Å². The lowest BCUT2D eigenvalue weighted by atomic mass is 10.2. The molecule has 9 heteroatoms. The standard InChI is InChI=1S/C14H14F4N4O/c1-8-6-9(15)2-3-10(8)20-12-7-11(14(16,17)18)21-13(22-12)19-4-5-23/h2-3,6-7,23H,4-5H2,1H3,(H2,19,20,21,22). The highest BCUT2D eigenvalue weighted by molar-refractivity contribution is 5.61. The highest BCUT2D eigenvalue weighted by atomic mass is 19.4. The SMILES string of the molecule is Cc1cc(F)ccc1Nc1cc(C(F)(F)F)nc(NCCO)n1. The van der Waals surface area contributed by atoms with Crippen molar-refractivity contribution in [3.63, 3.8) is 0 Å². The summed E-state index contributed by atoms with van der Waals surface area (Å²) in [4.78, 5) is 7.27.